The van der Waals surface area contributed by atoms with Gasteiger partial charge in [-0.25, -0.2) is 4.39 Å². The molecule has 3 N–H and O–H groups in total. The summed E-state index contributed by atoms with van der Waals surface area (Å²) in [4.78, 5) is 10.2. The van der Waals surface area contributed by atoms with Crippen molar-refractivity contribution in [3.63, 3.8) is 0 Å². The number of halogens is 1. The van der Waals surface area contributed by atoms with Gasteiger partial charge in [0.1, 0.15) is 5.82 Å². The van der Waals surface area contributed by atoms with E-state index in [4.69, 9.17) is 10.8 Å². The Morgan fingerprint density at radius 2 is 2.21 bits per heavy atom. The number of aryl methyl sites for hydroxylation is 1. The van der Waals surface area contributed by atoms with E-state index in [0.717, 1.165) is 0 Å². The SMILES string of the molecule is Nc1ccc(F)cc1CCCC(=O)O. The van der Waals surface area contributed by atoms with Gasteiger partial charge in [-0.05, 0) is 36.6 Å². The number of carbonyl (C=O) groups is 1. The van der Waals surface area contributed by atoms with E-state index in [0.29, 0.717) is 24.1 Å². The summed E-state index contributed by atoms with van der Waals surface area (Å²) in [6, 6.07) is 4.12. The maximum absolute atomic E-state index is 12.8. The summed E-state index contributed by atoms with van der Waals surface area (Å²) in [6.45, 7) is 0. The van der Waals surface area contributed by atoms with Crippen molar-refractivity contribution in [3.8, 4) is 0 Å². The molecule has 1 aromatic carbocycles. The van der Waals surface area contributed by atoms with Crippen LogP contribution < -0.4 is 5.73 Å². The maximum Gasteiger partial charge on any atom is 0.303 e. The minimum atomic E-state index is -0.847. The number of anilines is 1. The van der Waals surface area contributed by atoms with Crippen LogP contribution in [-0.4, -0.2) is 11.1 Å². The number of rotatable bonds is 4. The van der Waals surface area contributed by atoms with E-state index in [1.165, 1.54) is 18.2 Å². The average molecular weight is 197 g/mol. The molecule has 0 aliphatic rings. The zero-order valence-corrected chi connectivity index (χ0v) is 7.66. The molecule has 76 valence electrons. The number of hydrogen-bond acceptors (Lipinski definition) is 2. The highest BCUT2D eigenvalue weighted by molar-refractivity contribution is 5.66. The Kier molecular flexibility index (Phi) is 3.45. The molecule has 1 rings (SSSR count). The average Bonchev–Trinajstić information content (AvgIpc) is 2.10. The Bertz CT molecular complexity index is 339. The summed E-state index contributed by atoms with van der Waals surface area (Å²) < 4.78 is 12.8. The number of nitrogens with two attached hydrogens (primary N) is 1. The lowest BCUT2D eigenvalue weighted by atomic mass is 10.1. The van der Waals surface area contributed by atoms with Crippen LogP contribution in [-0.2, 0) is 11.2 Å². The lowest BCUT2D eigenvalue weighted by Gasteiger charge is -2.04. The van der Waals surface area contributed by atoms with Crippen molar-refractivity contribution in [2.24, 2.45) is 0 Å². The van der Waals surface area contributed by atoms with Crippen LogP contribution >= 0.6 is 0 Å². The Labute approximate surface area is 81.4 Å². The topological polar surface area (TPSA) is 63.3 Å². The van der Waals surface area contributed by atoms with Crippen LogP contribution in [0.2, 0.25) is 0 Å². The minimum absolute atomic E-state index is 0.0793. The maximum atomic E-state index is 12.8. The van der Waals surface area contributed by atoms with Crippen LogP contribution in [0.3, 0.4) is 0 Å². The highest BCUT2D eigenvalue weighted by atomic mass is 19.1. The quantitative estimate of drug-likeness (QED) is 0.723. The van der Waals surface area contributed by atoms with Gasteiger partial charge in [0.15, 0.2) is 0 Å². The third-order valence-corrected chi connectivity index (χ3v) is 1.94. The fourth-order valence-electron chi connectivity index (χ4n) is 1.22. The van der Waals surface area contributed by atoms with Crippen LogP contribution in [0.4, 0.5) is 10.1 Å². The second kappa shape index (κ2) is 4.60. The summed E-state index contributed by atoms with van der Waals surface area (Å²) in [5, 5.41) is 8.41. The second-order valence-electron chi connectivity index (χ2n) is 3.09. The van der Waals surface area contributed by atoms with Gasteiger partial charge in [-0.15, -0.1) is 0 Å². The summed E-state index contributed by atoms with van der Waals surface area (Å²) in [6.07, 6.45) is 1.05. The molecule has 0 heterocycles. The Hall–Kier alpha value is -1.58. The Balaban J connectivity index is 2.57. The Morgan fingerprint density at radius 3 is 2.86 bits per heavy atom. The van der Waals surface area contributed by atoms with Gasteiger partial charge in [0.05, 0.1) is 0 Å². The standard InChI is InChI=1S/C10H12FNO2/c11-8-4-5-9(12)7(6-8)2-1-3-10(13)14/h4-6H,1-3,12H2,(H,13,14). The van der Waals surface area contributed by atoms with Crippen LogP contribution in [0.5, 0.6) is 0 Å². The molecule has 1 aromatic rings. The lowest BCUT2D eigenvalue weighted by molar-refractivity contribution is -0.137. The van der Waals surface area contributed by atoms with Gasteiger partial charge in [0, 0.05) is 12.1 Å². The molecule has 4 heteroatoms. The van der Waals surface area contributed by atoms with Crippen LogP contribution in [0.25, 0.3) is 0 Å². The van der Waals surface area contributed by atoms with Gasteiger partial charge in [0.25, 0.3) is 0 Å². The van der Waals surface area contributed by atoms with Crippen molar-refractivity contribution in [1.29, 1.82) is 0 Å². The van der Waals surface area contributed by atoms with E-state index in [1.807, 2.05) is 0 Å². The largest absolute Gasteiger partial charge is 0.481 e. The van der Waals surface area contributed by atoms with Gasteiger partial charge in [0.2, 0.25) is 0 Å². The van der Waals surface area contributed by atoms with Gasteiger partial charge < -0.3 is 10.8 Å². The van der Waals surface area contributed by atoms with Gasteiger partial charge in [-0.3, -0.25) is 4.79 Å². The zero-order chi connectivity index (χ0) is 10.6. The molecule has 0 aliphatic carbocycles. The molecule has 0 aromatic heterocycles. The highest BCUT2D eigenvalue weighted by Crippen LogP contribution is 2.15. The van der Waals surface area contributed by atoms with E-state index in [9.17, 15) is 9.18 Å². The fourth-order valence-corrected chi connectivity index (χ4v) is 1.22. The highest BCUT2D eigenvalue weighted by Gasteiger charge is 2.02. The molecule has 0 atom stereocenters. The number of carboxylic acids is 1. The number of aliphatic carboxylic acids is 1. The molecular weight excluding hydrogens is 185 g/mol. The molecule has 0 unspecified atom stereocenters. The predicted octanol–water partition coefficient (Wildman–Crippen LogP) is 1.82. The smallest absolute Gasteiger partial charge is 0.303 e. The summed E-state index contributed by atoms with van der Waals surface area (Å²) in [5.41, 5.74) is 6.78. The van der Waals surface area contributed by atoms with Crippen molar-refractivity contribution < 1.29 is 14.3 Å². The van der Waals surface area contributed by atoms with Gasteiger partial charge in [-0.1, -0.05) is 0 Å². The number of hydrogen-bond donors (Lipinski definition) is 2. The van der Waals surface area contributed by atoms with E-state index in [1.54, 1.807) is 0 Å². The number of benzene rings is 1. The first kappa shape index (κ1) is 10.5. The molecule has 0 aliphatic heterocycles. The van der Waals surface area contributed by atoms with Crippen molar-refractivity contribution in [2.45, 2.75) is 19.3 Å². The van der Waals surface area contributed by atoms with E-state index in [2.05, 4.69) is 0 Å². The van der Waals surface area contributed by atoms with Crippen LogP contribution in [0, 0.1) is 5.82 Å². The normalized spacial score (nSPS) is 10.1. The van der Waals surface area contributed by atoms with E-state index < -0.39 is 5.97 Å². The third-order valence-electron chi connectivity index (χ3n) is 1.94. The first-order chi connectivity index (χ1) is 6.59. The molecule has 0 fully saturated rings. The second-order valence-corrected chi connectivity index (χ2v) is 3.09. The molecule has 0 saturated carbocycles. The van der Waals surface area contributed by atoms with Gasteiger partial charge >= 0.3 is 5.97 Å². The van der Waals surface area contributed by atoms with Crippen molar-refractivity contribution in [3.05, 3.63) is 29.6 Å². The van der Waals surface area contributed by atoms with E-state index in [-0.39, 0.29) is 12.2 Å². The van der Waals surface area contributed by atoms with Gasteiger partial charge in [-0.2, -0.15) is 0 Å². The molecule has 0 saturated heterocycles. The summed E-state index contributed by atoms with van der Waals surface area (Å²) >= 11 is 0. The molecule has 0 radical (unpaired) electrons. The lowest BCUT2D eigenvalue weighted by Crippen LogP contribution is -1.99. The van der Waals surface area contributed by atoms with Crippen LogP contribution in [0.1, 0.15) is 18.4 Å². The number of carboxylic acid groups (broad SMARTS) is 1. The molecule has 3 nitrogen and oxygen atoms in total. The summed E-state index contributed by atoms with van der Waals surface area (Å²) in [7, 11) is 0. The molecule has 0 bridgehead atoms. The monoisotopic (exact) mass is 197 g/mol. The van der Waals surface area contributed by atoms with Crippen molar-refractivity contribution in [2.75, 3.05) is 5.73 Å². The summed E-state index contributed by atoms with van der Waals surface area (Å²) in [5.74, 6) is -1.19. The zero-order valence-electron chi connectivity index (χ0n) is 7.66. The molecule has 14 heavy (non-hydrogen) atoms. The third kappa shape index (κ3) is 3.05. The van der Waals surface area contributed by atoms with Crippen LogP contribution in [0.15, 0.2) is 18.2 Å². The molecule has 0 amide bonds. The minimum Gasteiger partial charge on any atom is -0.481 e. The van der Waals surface area contributed by atoms with E-state index >= 15 is 0 Å². The molecule has 0 spiro atoms. The first-order valence-electron chi connectivity index (χ1n) is 4.35. The first-order valence-corrected chi connectivity index (χ1v) is 4.35. The van der Waals surface area contributed by atoms with Crippen molar-refractivity contribution in [1.82, 2.24) is 0 Å². The predicted molar refractivity (Wildman–Crippen MR) is 51.4 cm³/mol. The number of nitrogen functional groups attached to an aromatic ring is 1. The fraction of sp³-hybridized carbons (Fsp3) is 0.300. The Morgan fingerprint density at radius 1 is 1.50 bits per heavy atom. The molecular formula is C10H12FNO2. The van der Waals surface area contributed by atoms with Crippen molar-refractivity contribution >= 4 is 11.7 Å².